The molecule has 6 nitrogen and oxygen atoms in total. The van der Waals surface area contributed by atoms with Gasteiger partial charge >= 0.3 is 18.2 Å². The Labute approximate surface area is 110 Å². The van der Waals surface area contributed by atoms with Gasteiger partial charge < -0.3 is 9.84 Å². The molecule has 20 heavy (non-hydrogen) atoms. The normalized spacial score (nSPS) is 10.8. The van der Waals surface area contributed by atoms with E-state index in [0.29, 0.717) is 6.20 Å². The SMILES string of the molecule is C=CCOC(=O)Nc1c(C(=O)O)ccnc1C(F)(F)F. The average molecular weight is 290 g/mol. The molecule has 0 spiro atoms. The molecule has 0 aliphatic heterocycles. The van der Waals surface area contributed by atoms with E-state index in [9.17, 15) is 22.8 Å². The Morgan fingerprint density at radius 1 is 1.50 bits per heavy atom. The van der Waals surface area contributed by atoms with Crippen molar-refractivity contribution in [2.24, 2.45) is 0 Å². The van der Waals surface area contributed by atoms with Gasteiger partial charge in [-0.3, -0.25) is 5.32 Å². The van der Waals surface area contributed by atoms with Gasteiger partial charge in [0.15, 0.2) is 5.69 Å². The number of carboxylic acid groups (broad SMARTS) is 1. The molecule has 0 saturated carbocycles. The highest BCUT2D eigenvalue weighted by molar-refractivity contribution is 5.99. The van der Waals surface area contributed by atoms with Crippen molar-refractivity contribution >= 4 is 17.7 Å². The van der Waals surface area contributed by atoms with Crippen LogP contribution in [0, 0.1) is 0 Å². The largest absolute Gasteiger partial charge is 0.478 e. The first-order valence-electron chi connectivity index (χ1n) is 5.11. The van der Waals surface area contributed by atoms with Crippen molar-refractivity contribution in [3.63, 3.8) is 0 Å². The van der Waals surface area contributed by atoms with Crippen LogP contribution in [0.5, 0.6) is 0 Å². The molecule has 2 N–H and O–H groups in total. The minimum atomic E-state index is -4.92. The summed E-state index contributed by atoms with van der Waals surface area (Å²) in [5.74, 6) is -1.64. The Bertz CT molecular complexity index is 543. The molecule has 0 aliphatic carbocycles. The number of hydrogen-bond donors (Lipinski definition) is 2. The number of hydrogen-bond acceptors (Lipinski definition) is 4. The van der Waals surface area contributed by atoms with Crippen molar-refractivity contribution in [2.45, 2.75) is 6.18 Å². The average Bonchev–Trinajstić information content (AvgIpc) is 2.35. The molecule has 0 bridgehead atoms. The first-order chi connectivity index (χ1) is 9.27. The molecule has 1 heterocycles. The number of nitrogens with one attached hydrogen (secondary N) is 1. The molecule has 0 unspecified atom stereocenters. The maximum Gasteiger partial charge on any atom is 0.435 e. The lowest BCUT2D eigenvalue weighted by Crippen LogP contribution is -2.21. The highest BCUT2D eigenvalue weighted by Gasteiger charge is 2.38. The smallest absolute Gasteiger partial charge is 0.435 e. The summed E-state index contributed by atoms with van der Waals surface area (Å²) in [5.41, 5.74) is -3.24. The van der Waals surface area contributed by atoms with Crippen molar-refractivity contribution in [3.8, 4) is 0 Å². The van der Waals surface area contributed by atoms with Crippen LogP contribution in [0.4, 0.5) is 23.7 Å². The number of ether oxygens (including phenoxy) is 1. The van der Waals surface area contributed by atoms with Gasteiger partial charge in [0.05, 0.1) is 11.3 Å². The second kappa shape index (κ2) is 6.04. The number of pyridine rings is 1. The van der Waals surface area contributed by atoms with Crippen LogP contribution in [0.2, 0.25) is 0 Å². The van der Waals surface area contributed by atoms with E-state index in [2.05, 4.69) is 16.3 Å². The monoisotopic (exact) mass is 290 g/mol. The van der Waals surface area contributed by atoms with Crippen LogP contribution in [0.1, 0.15) is 16.1 Å². The number of amides is 1. The third kappa shape index (κ3) is 3.70. The van der Waals surface area contributed by atoms with E-state index in [1.807, 2.05) is 0 Å². The van der Waals surface area contributed by atoms with Gasteiger partial charge in [-0.05, 0) is 6.07 Å². The van der Waals surface area contributed by atoms with Gasteiger partial charge in [-0.15, -0.1) is 0 Å². The van der Waals surface area contributed by atoms with E-state index in [1.54, 1.807) is 5.32 Å². The van der Waals surface area contributed by atoms with Gasteiger partial charge in [-0.2, -0.15) is 13.2 Å². The summed E-state index contributed by atoms with van der Waals surface area (Å²) in [6, 6.07) is 0.834. The topological polar surface area (TPSA) is 88.5 Å². The van der Waals surface area contributed by atoms with Crippen LogP contribution < -0.4 is 5.32 Å². The van der Waals surface area contributed by atoms with Gasteiger partial charge in [-0.1, -0.05) is 12.7 Å². The molecule has 1 aromatic heterocycles. The molecule has 1 aromatic rings. The molecule has 0 fully saturated rings. The summed E-state index contributed by atoms with van der Waals surface area (Å²) in [5, 5.41) is 10.6. The van der Waals surface area contributed by atoms with E-state index in [0.717, 1.165) is 6.07 Å². The quantitative estimate of drug-likeness (QED) is 0.832. The fourth-order valence-electron chi connectivity index (χ4n) is 1.25. The van der Waals surface area contributed by atoms with Gasteiger partial charge in [-0.25, -0.2) is 14.6 Å². The van der Waals surface area contributed by atoms with Crippen LogP contribution in [0.25, 0.3) is 0 Å². The lowest BCUT2D eigenvalue weighted by molar-refractivity contribution is -0.140. The Morgan fingerprint density at radius 2 is 2.15 bits per heavy atom. The van der Waals surface area contributed by atoms with Crippen LogP contribution in [0.15, 0.2) is 24.9 Å². The third-order valence-electron chi connectivity index (χ3n) is 2.01. The Morgan fingerprint density at radius 3 is 2.65 bits per heavy atom. The fraction of sp³-hybridized carbons (Fsp3) is 0.182. The second-order valence-electron chi connectivity index (χ2n) is 3.40. The van der Waals surface area contributed by atoms with E-state index in [-0.39, 0.29) is 6.61 Å². The summed E-state index contributed by atoms with van der Waals surface area (Å²) in [7, 11) is 0. The number of carbonyl (C=O) groups is 2. The molecule has 0 saturated heterocycles. The number of aromatic nitrogens is 1. The highest BCUT2D eigenvalue weighted by atomic mass is 19.4. The number of aromatic carboxylic acids is 1. The maximum atomic E-state index is 12.7. The summed E-state index contributed by atoms with van der Waals surface area (Å²) >= 11 is 0. The lowest BCUT2D eigenvalue weighted by atomic mass is 10.1. The zero-order chi connectivity index (χ0) is 15.3. The van der Waals surface area contributed by atoms with Crippen molar-refractivity contribution in [3.05, 3.63) is 36.2 Å². The predicted molar refractivity (Wildman–Crippen MR) is 61.4 cm³/mol. The number of nitrogens with zero attached hydrogens (tertiary/aromatic N) is 1. The molecule has 0 aliphatic rings. The van der Waals surface area contributed by atoms with Crippen molar-refractivity contribution in [2.75, 3.05) is 11.9 Å². The van der Waals surface area contributed by atoms with Gasteiger partial charge in [0, 0.05) is 6.20 Å². The molecule has 0 atom stereocenters. The van der Waals surface area contributed by atoms with Crippen molar-refractivity contribution in [1.82, 2.24) is 4.98 Å². The second-order valence-corrected chi connectivity index (χ2v) is 3.40. The summed E-state index contributed by atoms with van der Waals surface area (Å²) < 4.78 is 42.6. The van der Waals surface area contributed by atoms with Crippen LogP contribution in [0.3, 0.4) is 0 Å². The minimum absolute atomic E-state index is 0.240. The summed E-state index contributed by atoms with van der Waals surface area (Å²) in [6.45, 7) is 3.01. The van der Waals surface area contributed by atoms with Crippen LogP contribution in [-0.2, 0) is 10.9 Å². The van der Waals surface area contributed by atoms with Gasteiger partial charge in [0.1, 0.15) is 6.61 Å². The van der Waals surface area contributed by atoms with E-state index >= 15 is 0 Å². The number of anilines is 1. The Hall–Kier alpha value is -2.58. The van der Waals surface area contributed by atoms with E-state index in [4.69, 9.17) is 5.11 Å². The zero-order valence-corrected chi connectivity index (χ0v) is 9.90. The first kappa shape index (κ1) is 15.5. The molecular formula is C11H9F3N2O4. The van der Waals surface area contributed by atoms with E-state index < -0.39 is 35.2 Å². The van der Waals surface area contributed by atoms with E-state index in [1.165, 1.54) is 6.08 Å². The highest BCUT2D eigenvalue weighted by Crippen LogP contribution is 2.35. The van der Waals surface area contributed by atoms with Crippen molar-refractivity contribution in [1.29, 1.82) is 0 Å². The summed E-state index contributed by atoms with van der Waals surface area (Å²) in [6.07, 6.45) is -4.28. The molecule has 108 valence electrons. The maximum absolute atomic E-state index is 12.7. The molecule has 0 radical (unpaired) electrons. The molecule has 1 amide bonds. The van der Waals surface area contributed by atoms with Crippen LogP contribution >= 0.6 is 0 Å². The number of alkyl halides is 3. The summed E-state index contributed by atoms with van der Waals surface area (Å²) in [4.78, 5) is 25.2. The molecule has 0 aromatic carbocycles. The number of carboxylic acids is 1. The third-order valence-corrected chi connectivity index (χ3v) is 2.01. The number of carbonyl (C=O) groups excluding carboxylic acids is 1. The Kier molecular flexibility index (Phi) is 4.68. The fourth-order valence-corrected chi connectivity index (χ4v) is 1.25. The van der Waals surface area contributed by atoms with Gasteiger partial charge in [0.2, 0.25) is 0 Å². The number of rotatable bonds is 4. The van der Waals surface area contributed by atoms with Gasteiger partial charge in [0.25, 0.3) is 0 Å². The predicted octanol–water partition coefficient (Wildman–Crippen LogP) is 2.53. The minimum Gasteiger partial charge on any atom is -0.478 e. The molecule has 1 rings (SSSR count). The van der Waals surface area contributed by atoms with Crippen molar-refractivity contribution < 1.29 is 32.6 Å². The van der Waals surface area contributed by atoms with Crippen LogP contribution in [-0.4, -0.2) is 28.8 Å². The molecular weight excluding hydrogens is 281 g/mol. The zero-order valence-electron chi connectivity index (χ0n) is 9.90. The standard InChI is InChI=1S/C11H9F3N2O4/c1-2-5-20-10(19)16-7-6(9(17)18)3-4-15-8(7)11(12,13)14/h2-4H,1,5H2,(H,16,19)(H,17,18). The first-order valence-corrected chi connectivity index (χ1v) is 5.11. The molecule has 9 heteroatoms. The number of halogens is 3. The lowest BCUT2D eigenvalue weighted by Gasteiger charge is -2.14. The Balaban J connectivity index is 3.22.